The van der Waals surface area contributed by atoms with Crippen LogP contribution in [0.3, 0.4) is 0 Å². The molecule has 0 aliphatic carbocycles. The molecule has 1 aromatic carbocycles. The van der Waals surface area contributed by atoms with Gasteiger partial charge in [0.2, 0.25) is 0 Å². The number of benzene rings is 1. The Labute approximate surface area is 103 Å². The van der Waals surface area contributed by atoms with E-state index in [1.807, 2.05) is 6.07 Å². The van der Waals surface area contributed by atoms with Gasteiger partial charge in [-0.1, -0.05) is 39.0 Å². The van der Waals surface area contributed by atoms with E-state index in [1.54, 1.807) is 0 Å². The third kappa shape index (κ3) is 3.56. The second kappa shape index (κ2) is 5.82. The van der Waals surface area contributed by atoms with Gasteiger partial charge in [-0.25, -0.2) is 0 Å². The van der Waals surface area contributed by atoms with E-state index in [0.29, 0.717) is 12.3 Å². The first-order chi connectivity index (χ1) is 7.95. The van der Waals surface area contributed by atoms with E-state index in [9.17, 15) is 4.79 Å². The molecule has 3 heteroatoms. The standard InChI is InChI=1S/C14H21NO2/c1-4-10-5-6-11(8-13(15)14(16)17)12(7-10)9(2)3/h5-7,9,13H,4,8,15H2,1-3H3,(H,16,17). The van der Waals surface area contributed by atoms with E-state index in [-0.39, 0.29) is 0 Å². The van der Waals surface area contributed by atoms with Crippen LogP contribution in [-0.2, 0) is 17.6 Å². The lowest BCUT2D eigenvalue weighted by Crippen LogP contribution is -2.32. The van der Waals surface area contributed by atoms with E-state index < -0.39 is 12.0 Å². The summed E-state index contributed by atoms with van der Waals surface area (Å²) in [6.07, 6.45) is 1.39. The Morgan fingerprint density at radius 3 is 2.53 bits per heavy atom. The molecule has 0 heterocycles. The number of carboxylic acid groups (broad SMARTS) is 1. The molecule has 0 aromatic heterocycles. The maximum absolute atomic E-state index is 10.8. The molecule has 94 valence electrons. The summed E-state index contributed by atoms with van der Waals surface area (Å²) in [4.78, 5) is 10.8. The zero-order valence-electron chi connectivity index (χ0n) is 10.7. The molecule has 0 aliphatic rings. The van der Waals surface area contributed by atoms with Crippen LogP contribution in [0.1, 0.15) is 43.4 Å². The minimum absolute atomic E-state index is 0.387. The van der Waals surface area contributed by atoms with Crippen molar-refractivity contribution in [2.24, 2.45) is 5.73 Å². The molecule has 3 nitrogen and oxygen atoms in total. The van der Waals surface area contributed by atoms with Crippen LogP contribution in [0.2, 0.25) is 0 Å². The lowest BCUT2D eigenvalue weighted by Gasteiger charge is -2.16. The summed E-state index contributed by atoms with van der Waals surface area (Å²) < 4.78 is 0. The Hall–Kier alpha value is -1.35. The average Bonchev–Trinajstić information content (AvgIpc) is 2.29. The van der Waals surface area contributed by atoms with Crippen LogP contribution >= 0.6 is 0 Å². The van der Waals surface area contributed by atoms with Crippen molar-refractivity contribution in [3.63, 3.8) is 0 Å². The van der Waals surface area contributed by atoms with Crippen molar-refractivity contribution in [2.45, 2.75) is 45.6 Å². The van der Waals surface area contributed by atoms with Crippen LogP contribution in [0.25, 0.3) is 0 Å². The molecule has 0 bridgehead atoms. The molecule has 0 saturated heterocycles. The molecule has 0 fully saturated rings. The first-order valence-corrected chi connectivity index (χ1v) is 6.05. The van der Waals surface area contributed by atoms with E-state index >= 15 is 0 Å². The van der Waals surface area contributed by atoms with Crippen LogP contribution in [0.5, 0.6) is 0 Å². The summed E-state index contributed by atoms with van der Waals surface area (Å²) in [5, 5.41) is 8.85. The van der Waals surface area contributed by atoms with Gasteiger partial charge in [0.1, 0.15) is 6.04 Å². The van der Waals surface area contributed by atoms with Crippen molar-refractivity contribution in [3.05, 3.63) is 34.9 Å². The lowest BCUT2D eigenvalue weighted by atomic mass is 9.91. The monoisotopic (exact) mass is 235 g/mol. The van der Waals surface area contributed by atoms with Crippen LogP contribution in [-0.4, -0.2) is 17.1 Å². The summed E-state index contributed by atoms with van der Waals surface area (Å²) >= 11 is 0. The Morgan fingerprint density at radius 2 is 2.06 bits per heavy atom. The minimum Gasteiger partial charge on any atom is -0.480 e. The molecule has 1 atom stereocenters. The Morgan fingerprint density at radius 1 is 1.41 bits per heavy atom. The molecule has 1 aromatic rings. The number of rotatable bonds is 5. The number of nitrogens with two attached hydrogens (primary N) is 1. The first kappa shape index (κ1) is 13.7. The van der Waals surface area contributed by atoms with Gasteiger partial charge in [-0.3, -0.25) is 4.79 Å². The number of aryl methyl sites for hydroxylation is 1. The number of hydrogen-bond donors (Lipinski definition) is 2. The molecule has 1 unspecified atom stereocenters. The van der Waals surface area contributed by atoms with Crippen LogP contribution < -0.4 is 5.73 Å². The summed E-state index contributed by atoms with van der Waals surface area (Å²) in [6.45, 7) is 6.34. The Kier molecular flexibility index (Phi) is 4.70. The third-order valence-electron chi connectivity index (χ3n) is 3.00. The fraction of sp³-hybridized carbons (Fsp3) is 0.500. The molecule has 1 rings (SSSR count). The SMILES string of the molecule is CCc1ccc(CC(N)C(=O)O)c(C(C)C)c1. The van der Waals surface area contributed by atoms with Crippen molar-refractivity contribution in [1.29, 1.82) is 0 Å². The second-order valence-corrected chi connectivity index (χ2v) is 4.69. The minimum atomic E-state index is -0.945. The summed E-state index contributed by atoms with van der Waals surface area (Å²) in [5.74, 6) is -0.559. The van der Waals surface area contributed by atoms with Crippen molar-refractivity contribution in [3.8, 4) is 0 Å². The summed E-state index contributed by atoms with van der Waals surface area (Å²) in [5.41, 5.74) is 9.13. The van der Waals surface area contributed by atoms with E-state index in [0.717, 1.165) is 12.0 Å². The van der Waals surface area contributed by atoms with Crippen molar-refractivity contribution < 1.29 is 9.90 Å². The fourth-order valence-corrected chi connectivity index (χ4v) is 1.91. The maximum Gasteiger partial charge on any atom is 0.320 e. The largest absolute Gasteiger partial charge is 0.480 e. The summed E-state index contributed by atoms with van der Waals surface area (Å²) in [7, 11) is 0. The van der Waals surface area contributed by atoms with Crippen molar-refractivity contribution in [1.82, 2.24) is 0 Å². The normalized spacial score (nSPS) is 12.8. The van der Waals surface area contributed by atoms with Gasteiger partial charge in [0.25, 0.3) is 0 Å². The van der Waals surface area contributed by atoms with Gasteiger partial charge in [-0.05, 0) is 35.4 Å². The fourth-order valence-electron chi connectivity index (χ4n) is 1.91. The van der Waals surface area contributed by atoms with Gasteiger partial charge in [-0.2, -0.15) is 0 Å². The molecule has 0 radical (unpaired) electrons. The first-order valence-electron chi connectivity index (χ1n) is 6.05. The number of carboxylic acids is 1. The maximum atomic E-state index is 10.8. The van der Waals surface area contributed by atoms with Gasteiger partial charge >= 0.3 is 5.97 Å². The molecule has 0 saturated carbocycles. The second-order valence-electron chi connectivity index (χ2n) is 4.69. The Balaban J connectivity index is 3.02. The van der Waals surface area contributed by atoms with Gasteiger partial charge in [0, 0.05) is 0 Å². The average molecular weight is 235 g/mol. The summed E-state index contributed by atoms with van der Waals surface area (Å²) in [6, 6.07) is 5.40. The highest BCUT2D eigenvalue weighted by Crippen LogP contribution is 2.22. The number of aliphatic carboxylic acids is 1. The van der Waals surface area contributed by atoms with Gasteiger partial charge in [-0.15, -0.1) is 0 Å². The van der Waals surface area contributed by atoms with E-state index in [4.69, 9.17) is 10.8 Å². The number of hydrogen-bond acceptors (Lipinski definition) is 2. The zero-order chi connectivity index (χ0) is 13.0. The highest BCUT2D eigenvalue weighted by molar-refractivity contribution is 5.73. The van der Waals surface area contributed by atoms with Crippen molar-refractivity contribution >= 4 is 5.97 Å². The molecule has 17 heavy (non-hydrogen) atoms. The van der Waals surface area contributed by atoms with Gasteiger partial charge < -0.3 is 10.8 Å². The van der Waals surface area contributed by atoms with Crippen LogP contribution in [0.15, 0.2) is 18.2 Å². The zero-order valence-corrected chi connectivity index (χ0v) is 10.7. The molecular formula is C14H21NO2. The quantitative estimate of drug-likeness (QED) is 0.823. The van der Waals surface area contributed by atoms with Gasteiger partial charge in [0.15, 0.2) is 0 Å². The molecular weight excluding hydrogens is 214 g/mol. The third-order valence-corrected chi connectivity index (χ3v) is 3.00. The molecule has 0 aliphatic heterocycles. The highest BCUT2D eigenvalue weighted by Gasteiger charge is 2.15. The van der Waals surface area contributed by atoms with E-state index in [1.165, 1.54) is 11.1 Å². The lowest BCUT2D eigenvalue weighted by molar-refractivity contribution is -0.138. The van der Waals surface area contributed by atoms with Crippen LogP contribution in [0, 0.1) is 0 Å². The van der Waals surface area contributed by atoms with Gasteiger partial charge in [0.05, 0.1) is 0 Å². The van der Waals surface area contributed by atoms with Crippen LogP contribution in [0.4, 0.5) is 0 Å². The van der Waals surface area contributed by atoms with Crippen molar-refractivity contribution in [2.75, 3.05) is 0 Å². The molecule has 0 spiro atoms. The molecule has 0 amide bonds. The predicted molar refractivity (Wildman–Crippen MR) is 69.2 cm³/mol. The predicted octanol–water partition coefficient (Wildman–Crippen LogP) is 2.33. The highest BCUT2D eigenvalue weighted by atomic mass is 16.4. The Bertz CT molecular complexity index is 399. The van der Waals surface area contributed by atoms with E-state index in [2.05, 4.69) is 32.9 Å². The number of carbonyl (C=O) groups is 1. The topological polar surface area (TPSA) is 63.3 Å². The smallest absolute Gasteiger partial charge is 0.320 e. The molecule has 3 N–H and O–H groups in total.